The van der Waals surface area contributed by atoms with Crippen LogP contribution in [0.15, 0.2) is 23.0 Å². The van der Waals surface area contributed by atoms with Crippen LogP contribution in [-0.4, -0.2) is 29.5 Å². The first-order valence-electron chi connectivity index (χ1n) is 6.73. The molecule has 0 saturated heterocycles. The molecule has 0 aliphatic rings. The monoisotopic (exact) mass is 290 g/mol. The molecule has 0 fully saturated rings. The normalized spacial score (nSPS) is 12.2. The Balaban J connectivity index is 2.63. The van der Waals surface area contributed by atoms with Crippen LogP contribution >= 0.6 is 0 Å². The van der Waals surface area contributed by atoms with Gasteiger partial charge in [0.1, 0.15) is 5.75 Å². The molecule has 1 atom stereocenters. The maximum atomic E-state index is 12.5. The maximum Gasteiger partial charge on any atom is 0.330 e. The number of hydrogen-bond acceptors (Lipinski definition) is 5. The first-order valence-corrected chi connectivity index (χ1v) is 6.73. The van der Waals surface area contributed by atoms with Crippen LogP contribution < -0.4 is 10.3 Å². The highest BCUT2D eigenvalue weighted by molar-refractivity contribution is 5.85. The quantitative estimate of drug-likeness (QED) is 0.803. The number of aryl methyl sites for hydroxylation is 1. The standard InChI is InChI=1S/C15H18N2O4/c1-5-21-15(19)10(3)17-14(18)13-8-11(20-4)6-7-12(13)9(2)16-17/h6-8,10H,5H2,1-4H3. The summed E-state index contributed by atoms with van der Waals surface area (Å²) in [6, 6.07) is 4.44. The van der Waals surface area contributed by atoms with Gasteiger partial charge in [0.25, 0.3) is 5.56 Å². The van der Waals surface area contributed by atoms with Crippen LogP contribution in [-0.2, 0) is 9.53 Å². The molecule has 1 unspecified atom stereocenters. The molecule has 2 rings (SSSR count). The van der Waals surface area contributed by atoms with Gasteiger partial charge in [-0.2, -0.15) is 5.10 Å². The zero-order chi connectivity index (χ0) is 15.6. The van der Waals surface area contributed by atoms with Crippen molar-refractivity contribution in [2.45, 2.75) is 26.8 Å². The van der Waals surface area contributed by atoms with E-state index in [-0.39, 0.29) is 12.2 Å². The lowest BCUT2D eigenvalue weighted by Gasteiger charge is -2.14. The first-order chi connectivity index (χ1) is 9.99. The summed E-state index contributed by atoms with van der Waals surface area (Å²) < 4.78 is 11.3. The highest BCUT2D eigenvalue weighted by Crippen LogP contribution is 2.20. The third-order valence-corrected chi connectivity index (χ3v) is 3.31. The zero-order valence-corrected chi connectivity index (χ0v) is 12.5. The van der Waals surface area contributed by atoms with Crippen molar-refractivity contribution in [2.24, 2.45) is 0 Å². The smallest absolute Gasteiger partial charge is 0.330 e. The number of nitrogens with zero attached hydrogens (tertiary/aromatic N) is 2. The molecule has 6 heteroatoms. The Bertz CT molecular complexity index is 736. The maximum absolute atomic E-state index is 12.5. The number of esters is 1. The number of carbonyl (C=O) groups is 1. The van der Waals surface area contributed by atoms with Crippen LogP contribution in [0.4, 0.5) is 0 Å². The Kier molecular flexibility index (Phi) is 4.26. The third-order valence-electron chi connectivity index (χ3n) is 3.31. The summed E-state index contributed by atoms with van der Waals surface area (Å²) in [5.74, 6) is 0.106. The molecule has 1 aromatic heterocycles. The van der Waals surface area contributed by atoms with Crippen LogP contribution in [0.2, 0.25) is 0 Å². The molecular weight excluding hydrogens is 272 g/mol. The Morgan fingerprint density at radius 2 is 2.10 bits per heavy atom. The minimum absolute atomic E-state index is 0.262. The molecule has 0 bridgehead atoms. The molecule has 6 nitrogen and oxygen atoms in total. The second-order valence-corrected chi connectivity index (χ2v) is 4.67. The van der Waals surface area contributed by atoms with Crippen molar-refractivity contribution < 1.29 is 14.3 Å². The van der Waals surface area contributed by atoms with Crippen molar-refractivity contribution in [3.05, 3.63) is 34.2 Å². The number of carbonyl (C=O) groups excluding carboxylic acids is 1. The van der Waals surface area contributed by atoms with Gasteiger partial charge in [0.05, 0.1) is 24.8 Å². The van der Waals surface area contributed by atoms with Crippen LogP contribution in [0.5, 0.6) is 5.75 Å². The van der Waals surface area contributed by atoms with Crippen LogP contribution in [0.1, 0.15) is 25.6 Å². The molecule has 21 heavy (non-hydrogen) atoms. The van der Waals surface area contributed by atoms with E-state index in [4.69, 9.17) is 9.47 Å². The topological polar surface area (TPSA) is 70.4 Å². The van der Waals surface area contributed by atoms with Gasteiger partial charge in [0, 0.05) is 5.39 Å². The molecule has 0 amide bonds. The third kappa shape index (κ3) is 2.74. The fourth-order valence-corrected chi connectivity index (χ4v) is 2.15. The van der Waals surface area contributed by atoms with Gasteiger partial charge in [-0.3, -0.25) is 4.79 Å². The van der Waals surface area contributed by atoms with E-state index in [1.54, 1.807) is 39.0 Å². The van der Waals surface area contributed by atoms with E-state index in [1.807, 2.05) is 0 Å². The minimum Gasteiger partial charge on any atom is -0.497 e. The van der Waals surface area contributed by atoms with E-state index in [0.717, 1.165) is 10.1 Å². The number of rotatable bonds is 4. The van der Waals surface area contributed by atoms with Crippen molar-refractivity contribution in [1.82, 2.24) is 9.78 Å². The summed E-state index contributed by atoms with van der Waals surface area (Å²) in [4.78, 5) is 24.4. The highest BCUT2D eigenvalue weighted by Gasteiger charge is 2.20. The fraction of sp³-hybridized carbons (Fsp3) is 0.400. The summed E-state index contributed by atoms with van der Waals surface area (Å²) in [7, 11) is 1.54. The zero-order valence-electron chi connectivity index (χ0n) is 12.5. The SMILES string of the molecule is CCOC(=O)C(C)n1nc(C)c2ccc(OC)cc2c1=O. The average Bonchev–Trinajstić information content (AvgIpc) is 2.49. The predicted molar refractivity (Wildman–Crippen MR) is 78.6 cm³/mol. The molecule has 112 valence electrons. The number of aromatic nitrogens is 2. The van der Waals surface area contributed by atoms with Gasteiger partial charge in [-0.1, -0.05) is 0 Å². The summed E-state index contributed by atoms with van der Waals surface area (Å²) >= 11 is 0. The van der Waals surface area contributed by atoms with E-state index in [0.29, 0.717) is 16.8 Å². The summed E-state index contributed by atoms with van der Waals surface area (Å²) in [5, 5.41) is 5.44. The van der Waals surface area contributed by atoms with Crippen molar-refractivity contribution in [3.63, 3.8) is 0 Å². The number of fused-ring (bicyclic) bond motifs is 1. The largest absolute Gasteiger partial charge is 0.497 e. The minimum atomic E-state index is -0.772. The molecule has 0 spiro atoms. The van der Waals surface area contributed by atoms with E-state index in [9.17, 15) is 9.59 Å². The summed E-state index contributed by atoms with van der Waals surface area (Å²) in [6.07, 6.45) is 0. The number of methoxy groups -OCH3 is 1. The summed E-state index contributed by atoms with van der Waals surface area (Å²) in [5.41, 5.74) is 0.332. The van der Waals surface area contributed by atoms with E-state index in [2.05, 4.69) is 5.10 Å². The molecular formula is C15H18N2O4. The molecule has 1 heterocycles. The van der Waals surface area contributed by atoms with Gasteiger partial charge in [0.2, 0.25) is 0 Å². The number of ether oxygens (including phenoxy) is 2. The fourth-order valence-electron chi connectivity index (χ4n) is 2.15. The van der Waals surface area contributed by atoms with Gasteiger partial charge in [0.15, 0.2) is 6.04 Å². The molecule has 0 saturated carbocycles. The lowest BCUT2D eigenvalue weighted by molar-refractivity contribution is -0.147. The van der Waals surface area contributed by atoms with Gasteiger partial charge in [-0.25, -0.2) is 9.48 Å². The summed E-state index contributed by atoms with van der Waals surface area (Å²) in [6.45, 7) is 5.37. The van der Waals surface area contributed by atoms with E-state index < -0.39 is 12.0 Å². The van der Waals surface area contributed by atoms with Gasteiger partial charge in [-0.05, 0) is 39.0 Å². The molecule has 2 aromatic rings. The van der Waals surface area contributed by atoms with Crippen LogP contribution in [0, 0.1) is 6.92 Å². The average molecular weight is 290 g/mol. The molecule has 0 aliphatic carbocycles. The predicted octanol–water partition coefficient (Wildman–Crippen LogP) is 1.84. The Hall–Kier alpha value is -2.37. The van der Waals surface area contributed by atoms with Gasteiger partial charge >= 0.3 is 5.97 Å². The van der Waals surface area contributed by atoms with Crippen molar-refractivity contribution >= 4 is 16.7 Å². The van der Waals surface area contributed by atoms with E-state index >= 15 is 0 Å². The molecule has 0 N–H and O–H groups in total. The lowest BCUT2D eigenvalue weighted by Crippen LogP contribution is -2.32. The molecule has 0 aliphatic heterocycles. The van der Waals surface area contributed by atoms with Gasteiger partial charge in [-0.15, -0.1) is 0 Å². The van der Waals surface area contributed by atoms with E-state index in [1.165, 1.54) is 7.11 Å². The van der Waals surface area contributed by atoms with Crippen molar-refractivity contribution in [2.75, 3.05) is 13.7 Å². The Morgan fingerprint density at radius 3 is 2.71 bits per heavy atom. The molecule has 0 radical (unpaired) electrons. The number of hydrogen-bond donors (Lipinski definition) is 0. The van der Waals surface area contributed by atoms with Crippen LogP contribution in [0.3, 0.4) is 0 Å². The van der Waals surface area contributed by atoms with Gasteiger partial charge < -0.3 is 9.47 Å². The Morgan fingerprint density at radius 1 is 1.38 bits per heavy atom. The Labute approximate surface area is 122 Å². The van der Waals surface area contributed by atoms with Crippen molar-refractivity contribution in [3.8, 4) is 5.75 Å². The highest BCUT2D eigenvalue weighted by atomic mass is 16.5. The number of benzene rings is 1. The second kappa shape index (κ2) is 5.95. The van der Waals surface area contributed by atoms with Crippen LogP contribution in [0.25, 0.3) is 10.8 Å². The molecule has 1 aromatic carbocycles. The second-order valence-electron chi connectivity index (χ2n) is 4.67. The lowest BCUT2D eigenvalue weighted by atomic mass is 10.1. The van der Waals surface area contributed by atoms with Crippen molar-refractivity contribution in [1.29, 1.82) is 0 Å². The first kappa shape index (κ1) is 15.0.